The van der Waals surface area contributed by atoms with Crippen LogP contribution in [0.25, 0.3) is 11.0 Å². The molecule has 3 aromatic rings. The van der Waals surface area contributed by atoms with Crippen molar-refractivity contribution in [1.82, 2.24) is 24.6 Å². The zero-order valence-electron chi connectivity index (χ0n) is 14.9. The van der Waals surface area contributed by atoms with Crippen LogP contribution in [-0.2, 0) is 7.05 Å². The molecule has 1 saturated heterocycles. The minimum absolute atomic E-state index is 0.141. The molecule has 1 aliphatic rings. The summed E-state index contributed by atoms with van der Waals surface area (Å²) < 4.78 is 1.19. The smallest absolute Gasteiger partial charge is 0.274 e. The van der Waals surface area contributed by atoms with E-state index >= 15 is 0 Å². The van der Waals surface area contributed by atoms with Gasteiger partial charge in [-0.15, -0.1) is 0 Å². The second-order valence-electron chi connectivity index (χ2n) is 6.86. The SMILES string of the molecule is Cc1cccc2[nH]c(C3CCCN(C(=O)c4ccc(=O)n(C)n4)C3)nc12. The molecule has 0 spiro atoms. The van der Waals surface area contributed by atoms with Gasteiger partial charge in [0.05, 0.1) is 11.0 Å². The van der Waals surface area contributed by atoms with Crippen LogP contribution in [0.15, 0.2) is 35.1 Å². The molecule has 4 rings (SSSR count). The van der Waals surface area contributed by atoms with Crippen LogP contribution in [0.5, 0.6) is 0 Å². The highest BCUT2D eigenvalue weighted by Crippen LogP contribution is 2.28. The number of H-pyrrole nitrogens is 1. The molecule has 1 unspecified atom stereocenters. The molecule has 7 nitrogen and oxygen atoms in total. The summed E-state index contributed by atoms with van der Waals surface area (Å²) in [5, 5.41) is 4.08. The number of aromatic amines is 1. The van der Waals surface area contributed by atoms with Gasteiger partial charge in [-0.3, -0.25) is 9.59 Å². The van der Waals surface area contributed by atoms with Crippen LogP contribution >= 0.6 is 0 Å². The normalized spacial score (nSPS) is 17.6. The summed E-state index contributed by atoms with van der Waals surface area (Å²) in [5.74, 6) is 0.963. The number of carbonyl (C=O) groups excluding carboxylic acids is 1. The monoisotopic (exact) mass is 351 g/mol. The van der Waals surface area contributed by atoms with Crippen LogP contribution in [-0.4, -0.2) is 43.6 Å². The van der Waals surface area contributed by atoms with Crippen LogP contribution in [0.4, 0.5) is 0 Å². The number of nitrogens with zero attached hydrogens (tertiary/aromatic N) is 4. The third-order valence-corrected chi connectivity index (χ3v) is 5.01. The molecule has 0 bridgehead atoms. The number of hydrogen-bond acceptors (Lipinski definition) is 4. The van der Waals surface area contributed by atoms with Crippen molar-refractivity contribution in [2.24, 2.45) is 7.05 Å². The summed E-state index contributed by atoms with van der Waals surface area (Å²) >= 11 is 0. The van der Waals surface area contributed by atoms with Crippen LogP contribution in [0.3, 0.4) is 0 Å². The van der Waals surface area contributed by atoms with Gasteiger partial charge >= 0.3 is 0 Å². The van der Waals surface area contributed by atoms with E-state index in [2.05, 4.69) is 23.1 Å². The minimum atomic E-state index is -0.226. The first-order valence-electron chi connectivity index (χ1n) is 8.82. The number of nitrogens with one attached hydrogen (secondary N) is 1. The van der Waals surface area contributed by atoms with Crippen molar-refractivity contribution in [2.75, 3.05) is 13.1 Å². The van der Waals surface area contributed by atoms with E-state index in [1.807, 2.05) is 12.1 Å². The van der Waals surface area contributed by atoms with Crippen molar-refractivity contribution in [3.8, 4) is 0 Å². The number of fused-ring (bicyclic) bond motifs is 1. The number of aromatic nitrogens is 4. The second kappa shape index (κ2) is 6.40. The Hall–Kier alpha value is -2.96. The molecule has 1 aliphatic heterocycles. The van der Waals surface area contributed by atoms with Crippen LogP contribution in [0.1, 0.15) is 40.6 Å². The number of piperidine rings is 1. The van der Waals surface area contributed by atoms with Gasteiger partial charge in [0.25, 0.3) is 11.5 Å². The Kier molecular flexibility index (Phi) is 4.06. The van der Waals surface area contributed by atoms with Gasteiger partial charge in [0, 0.05) is 32.1 Å². The molecule has 1 fully saturated rings. The fourth-order valence-electron chi connectivity index (χ4n) is 3.55. The summed E-state index contributed by atoms with van der Waals surface area (Å²) in [5.41, 5.74) is 3.24. The van der Waals surface area contributed by atoms with Gasteiger partial charge in [0.2, 0.25) is 0 Å². The number of aryl methyl sites for hydroxylation is 2. The zero-order valence-corrected chi connectivity index (χ0v) is 14.9. The third-order valence-electron chi connectivity index (χ3n) is 5.01. The Morgan fingerprint density at radius 3 is 2.88 bits per heavy atom. The van der Waals surface area contributed by atoms with Crippen molar-refractivity contribution in [1.29, 1.82) is 0 Å². The molecule has 2 aromatic heterocycles. The van der Waals surface area contributed by atoms with Crippen molar-refractivity contribution in [3.05, 3.63) is 57.8 Å². The lowest BCUT2D eigenvalue weighted by molar-refractivity contribution is 0.0696. The molecule has 1 atom stereocenters. The first-order chi connectivity index (χ1) is 12.5. The molecule has 0 aliphatic carbocycles. The average molecular weight is 351 g/mol. The molecular formula is C19H21N5O2. The predicted octanol–water partition coefficient (Wildman–Crippen LogP) is 1.98. The number of hydrogen-bond donors (Lipinski definition) is 1. The summed E-state index contributed by atoms with van der Waals surface area (Å²) in [4.78, 5) is 34.3. The lowest BCUT2D eigenvalue weighted by Crippen LogP contribution is -2.40. The maximum Gasteiger partial charge on any atom is 0.274 e. The average Bonchev–Trinajstić information content (AvgIpc) is 3.09. The van der Waals surface area contributed by atoms with E-state index in [-0.39, 0.29) is 17.4 Å². The highest BCUT2D eigenvalue weighted by molar-refractivity contribution is 5.92. The largest absolute Gasteiger partial charge is 0.342 e. The van der Waals surface area contributed by atoms with Gasteiger partial charge in [-0.1, -0.05) is 12.1 Å². The number of rotatable bonds is 2. The molecule has 0 radical (unpaired) electrons. The maximum atomic E-state index is 12.8. The molecule has 7 heteroatoms. The van der Waals surface area contributed by atoms with Gasteiger partial charge in [-0.25, -0.2) is 9.67 Å². The first-order valence-corrected chi connectivity index (χ1v) is 8.82. The Morgan fingerprint density at radius 1 is 1.27 bits per heavy atom. The van der Waals surface area contributed by atoms with Crippen molar-refractivity contribution in [3.63, 3.8) is 0 Å². The van der Waals surface area contributed by atoms with E-state index in [0.29, 0.717) is 18.8 Å². The number of amides is 1. The van der Waals surface area contributed by atoms with E-state index in [1.54, 1.807) is 11.9 Å². The standard InChI is InChI=1S/C19H21N5O2/c1-12-5-3-7-14-17(12)21-18(20-14)13-6-4-10-24(11-13)19(26)15-8-9-16(25)23(2)22-15/h3,5,7-9,13H,4,6,10-11H2,1-2H3,(H,20,21). The summed E-state index contributed by atoms with van der Waals surface area (Å²) in [6.07, 6.45) is 1.90. The highest BCUT2D eigenvalue weighted by Gasteiger charge is 2.28. The molecular weight excluding hydrogens is 330 g/mol. The second-order valence-corrected chi connectivity index (χ2v) is 6.86. The summed E-state index contributed by atoms with van der Waals surface area (Å²) in [6.45, 7) is 3.34. The van der Waals surface area contributed by atoms with Crippen LogP contribution < -0.4 is 5.56 Å². The van der Waals surface area contributed by atoms with Gasteiger partial charge in [-0.05, 0) is 37.5 Å². The lowest BCUT2D eigenvalue weighted by Gasteiger charge is -2.31. The number of likely N-dealkylation sites (tertiary alicyclic amines) is 1. The first kappa shape index (κ1) is 16.5. The molecule has 0 saturated carbocycles. The number of para-hydroxylation sites is 1. The highest BCUT2D eigenvalue weighted by atomic mass is 16.2. The Balaban J connectivity index is 1.58. The lowest BCUT2D eigenvalue weighted by atomic mass is 9.97. The molecule has 1 aromatic carbocycles. The fourth-order valence-corrected chi connectivity index (χ4v) is 3.55. The minimum Gasteiger partial charge on any atom is -0.342 e. The van der Waals surface area contributed by atoms with E-state index in [0.717, 1.165) is 35.3 Å². The third kappa shape index (κ3) is 2.89. The van der Waals surface area contributed by atoms with Crippen molar-refractivity contribution >= 4 is 16.9 Å². The van der Waals surface area contributed by atoms with Gasteiger partial charge in [0.15, 0.2) is 0 Å². The van der Waals surface area contributed by atoms with Crippen molar-refractivity contribution in [2.45, 2.75) is 25.7 Å². The molecule has 134 valence electrons. The Labute approximate surface area is 150 Å². The van der Waals surface area contributed by atoms with Gasteiger partial charge in [-0.2, -0.15) is 5.10 Å². The fraction of sp³-hybridized carbons (Fsp3) is 0.368. The number of imidazole rings is 1. The van der Waals surface area contributed by atoms with E-state index in [4.69, 9.17) is 4.98 Å². The molecule has 1 amide bonds. The molecule has 1 N–H and O–H groups in total. The molecule has 26 heavy (non-hydrogen) atoms. The summed E-state index contributed by atoms with van der Waals surface area (Å²) in [7, 11) is 1.55. The zero-order chi connectivity index (χ0) is 18.3. The van der Waals surface area contributed by atoms with E-state index in [1.165, 1.54) is 16.8 Å². The topological polar surface area (TPSA) is 83.9 Å². The Bertz CT molecular complexity index is 1040. The van der Waals surface area contributed by atoms with Crippen LogP contribution in [0.2, 0.25) is 0 Å². The Morgan fingerprint density at radius 2 is 2.12 bits per heavy atom. The number of benzene rings is 1. The quantitative estimate of drug-likeness (QED) is 0.765. The maximum absolute atomic E-state index is 12.8. The van der Waals surface area contributed by atoms with Gasteiger partial charge in [0.1, 0.15) is 11.5 Å². The van der Waals surface area contributed by atoms with Gasteiger partial charge < -0.3 is 9.88 Å². The van der Waals surface area contributed by atoms with Crippen LogP contribution in [0, 0.1) is 6.92 Å². The van der Waals surface area contributed by atoms with Crippen molar-refractivity contribution < 1.29 is 4.79 Å². The molecule has 3 heterocycles. The number of carbonyl (C=O) groups is 1. The van der Waals surface area contributed by atoms with E-state index in [9.17, 15) is 9.59 Å². The predicted molar refractivity (Wildman–Crippen MR) is 98.2 cm³/mol. The van der Waals surface area contributed by atoms with E-state index < -0.39 is 0 Å². The summed E-state index contributed by atoms with van der Waals surface area (Å²) in [6, 6.07) is 8.97.